The highest BCUT2D eigenvalue weighted by molar-refractivity contribution is 6.31. The molecule has 0 amide bonds. The van der Waals surface area contributed by atoms with E-state index in [4.69, 9.17) is 21.1 Å². The van der Waals surface area contributed by atoms with Gasteiger partial charge in [0, 0.05) is 23.0 Å². The molecule has 1 N–H and O–H groups in total. The summed E-state index contributed by atoms with van der Waals surface area (Å²) in [6.45, 7) is 0. The highest BCUT2D eigenvalue weighted by Crippen LogP contribution is 2.37. The summed E-state index contributed by atoms with van der Waals surface area (Å²) in [5, 5.41) is 10.7. The quantitative estimate of drug-likeness (QED) is 0.756. The Labute approximate surface area is 154 Å². The van der Waals surface area contributed by atoms with Gasteiger partial charge >= 0.3 is 5.97 Å². The van der Waals surface area contributed by atoms with Gasteiger partial charge in [-0.1, -0.05) is 17.7 Å². The zero-order valence-electron chi connectivity index (χ0n) is 14.4. The largest absolute Gasteiger partial charge is 0.493 e. The Morgan fingerprint density at radius 3 is 2.38 bits per heavy atom. The molecule has 0 atom stereocenters. The molecule has 1 heterocycles. The summed E-state index contributed by atoms with van der Waals surface area (Å²) in [5.74, 6) is -0.381. The van der Waals surface area contributed by atoms with Gasteiger partial charge in [0.15, 0.2) is 11.5 Å². The van der Waals surface area contributed by atoms with E-state index in [0.29, 0.717) is 38.6 Å². The van der Waals surface area contributed by atoms with Crippen molar-refractivity contribution in [2.75, 3.05) is 14.2 Å². The van der Waals surface area contributed by atoms with E-state index in [9.17, 15) is 14.7 Å². The molecular formula is C19H16ClNO5. The number of halogens is 1. The van der Waals surface area contributed by atoms with Crippen LogP contribution < -0.4 is 15.0 Å². The zero-order chi connectivity index (χ0) is 19.0. The molecule has 0 saturated carbocycles. The van der Waals surface area contributed by atoms with Gasteiger partial charge in [-0.15, -0.1) is 0 Å². The number of methoxy groups -OCH3 is 2. The molecule has 1 aromatic heterocycles. The Morgan fingerprint density at radius 2 is 1.77 bits per heavy atom. The Bertz CT molecular complexity index is 1090. The fraction of sp³-hybridized carbons (Fsp3) is 0.158. The van der Waals surface area contributed by atoms with Gasteiger partial charge in [-0.25, -0.2) is 4.79 Å². The molecule has 0 aliphatic heterocycles. The molecule has 2 aromatic carbocycles. The van der Waals surface area contributed by atoms with Gasteiger partial charge < -0.3 is 19.1 Å². The molecule has 0 fully saturated rings. The van der Waals surface area contributed by atoms with E-state index in [1.54, 1.807) is 36.4 Å². The number of pyridine rings is 1. The van der Waals surface area contributed by atoms with Gasteiger partial charge in [0.05, 0.1) is 19.7 Å². The van der Waals surface area contributed by atoms with E-state index in [-0.39, 0.29) is 5.56 Å². The van der Waals surface area contributed by atoms with Crippen molar-refractivity contribution in [3.05, 3.63) is 57.3 Å². The molecule has 0 aliphatic carbocycles. The second-order valence-corrected chi connectivity index (χ2v) is 6.09. The average molecular weight is 374 g/mol. The van der Waals surface area contributed by atoms with Gasteiger partial charge in [-0.05, 0) is 35.9 Å². The highest BCUT2D eigenvalue weighted by Gasteiger charge is 2.23. The van der Waals surface area contributed by atoms with E-state index in [1.807, 2.05) is 0 Å². The molecule has 7 heteroatoms. The molecule has 0 unspecified atom stereocenters. The molecule has 0 bridgehead atoms. The number of rotatable bonds is 4. The van der Waals surface area contributed by atoms with Gasteiger partial charge in [0.2, 0.25) is 0 Å². The minimum absolute atomic E-state index is 0.291. The van der Waals surface area contributed by atoms with Crippen LogP contribution in [0.3, 0.4) is 0 Å². The second kappa shape index (κ2) is 6.72. The number of hydrogen-bond acceptors (Lipinski definition) is 4. The van der Waals surface area contributed by atoms with Crippen molar-refractivity contribution in [1.29, 1.82) is 0 Å². The second-order valence-electron chi connectivity index (χ2n) is 5.65. The van der Waals surface area contributed by atoms with Crippen LogP contribution in [0.5, 0.6) is 11.5 Å². The summed E-state index contributed by atoms with van der Waals surface area (Å²) in [5.41, 5.74) is 0.463. The van der Waals surface area contributed by atoms with Gasteiger partial charge in [0.1, 0.15) is 5.56 Å². The number of nitrogens with zero attached hydrogens (tertiary/aromatic N) is 1. The minimum Gasteiger partial charge on any atom is -0.493 e. The summed E-state index contributed by atoms with van der Waals surface area (Å²) in [4.78, 5) is 24.5. The van der Waals surface area contributed by atoms with Crippen molar-refractivity contribution < 1.29 is 19.4 Å². The van der Waals surface area contributed by atoms with Gasteiger partial charge in [-0.2, -0.15) is 0 Å². The van der Waals surface area contributed by atoms with Crippen LogP contribution in [0.15, 0.2) is 41.2 Å². The highest BCUT2D eigenvalue weighted by atomic mass is 35.5. The Hall–Kier alpha value is -2.99. The van der Waals surface area contributed by atoms with Crippen LogP contribution in [0, 0.1) is 0 Å². The normalized spacial score (nSPS) is 10.8. The first-order chi connectivity index (χ1) is 12.4. The fourth-order valence-corrected chi connectivity index (χ4v) is 3.18. The lowest BCUT2D eigenvalue weighted by molar-refractivity contribution is 0.0695. The molecule has 3 aromatic rings. The number of fused-ring (bicyclic) bond motifs is 1. The molecule has 26 heavy (non-hydrogen) atoms. The predicted octanol–water partition coefficient (Wildman–Crippen LogP) is 3.57. The van der Waals surface area contributed by atoms with Crippen molar-refractivity contribution in [2.24, 2.45) is 7.05 Å². The third kappa shape index (κ3) is 2.78. The van der Waals surface area contributed by atoms with Crippen LogP contribution in [0.4, 0.5) is 0 Å². The Kier molecular flexibility index (Phi) is 4.61. The fourth-order valence-electron chi connectivity index (χ4n) is 3.01. The number of aromatic nitrogens is 1. The van der Waals surface area contributed by atoms with Gasteiger partial charge in [-0.3, -0.25) is 4.79 Å². The molecule has 0 radical (unpaired) electrons. The first kappa shape index (κ1) is 17.8. The lowest BCUT2D eigenvalue weighted by Gasteiger charge is -2.16. The van der Waals surface area contributed by atoms with E-state index >= 15 is 0 Å². The molecule has 0 saturated heterocycles. The maximum absolute atomic E-state index is 12.7. The molecule has 134 valence electrons. The number of aromatic carboxylic acids is 1. The number of hydrogen-bond donors (Lipinski definition) is 1. The summed E-state index contributed by atoms with van der Waals surface area (Å²) in [6.07, 6.45) is 0. The zero-order valence-corrected chi connectivity index (χ0v) is 15.1. The number of carbonyl (C=O) groups is 1. The van der Waals surface area contributed by atoms with Crippen molar-refractivity contribution in [2.45, 2.75) is 0 Å². The smallest absolute Gasteiger partial charge is 0.342 e. The Morgan fingerprint density at radius 1 is 1.08 bits per heavy atom. The maximum atomic E-state index is 12.7. The van der Waals surface area contributed by atoms with Crippen LogP contribution in [-0.4, -0.2) is 29.9 Å². The summed E-state index contributed by atoms with van der Waals surface area (Å²) in [7, 11) is 4.52. The van der Waals surface area contributed by atoms with Crippen LogP contribution in [0.2, 0.25) is 5.02 Å². The van der Waals surface area contributed by atoms with Crippen molar-refractivity contribution in [3.63, 3.8) is 0 Å². The van der Waals surface area contributed by atoms with Crippen molar-refractivity contribution in [3.8, 4) is 22.6 Å². The lowest BCUT2D eigenvalue weighted by Crippen LogP contribution is -2.26. The third-order valence-electron chi connectivity index (χ3n) is 4.24. The number of ether oxygens (including phenoxy) is 2. The van der Waals surface area contributed by atoms with Crippen LogP contribution >= 0.6 is 11.6 Å². The maximum Gasteiger partial charge on any atom is 0.342 e. The standard InChI is InChI=1S/C19H16ClNO5/c1-21-13-6-5-11(20)9-12(13)16(17(18(21)22)19(23)24)10-4-7-14(25-2)15(8-10)26-3/h4-9H,1-3H3,(H,23,24). The molecule has 0 spiro atoms. The molecule has 0 aliphatic rings. The first-order valence-corrected chi connectivity index (χ1v) is 8.04. The first-order valence-electron chi connectivity index (χ1n) is 7.67. The predicted molar refractivity (Wildman–Crippen MR) is 99.7 cm³/mol. The van der Waals surface area contributed by atoms with Crippen molar-refractivity contribution in [1.82, 2.24) is 4.57 Å². The van der Waals surface area contributed by atoms with E-state index < -0.39 is 11.5 Å². The third-order valence-corrected chi connectivity index (χ3v) is 4.48. The molecule has 6 nitrogen and oxygen atoms in total. The van der Waals surface area contributed by atoms with E-state index in [2.05, 4.69) is 0 Å². The topological polar surface area (TPSA) is 77.8 Å². The number of aryl methyl sites for hydroxylation is 1. The average Bonchev–Trinajstić information content (AvgIpc) is 2.63. The van der Waals surface area contributed by atoms with E-state index in [1.165, 1.54) is 25.8 Å². The van der Waals surface area contributed by atoms with Crippen LogP contribution in [0.25, 0.3) is 22.0 Å². The summed E-state index contributed by atoms with van der Waals surface area (Å²) < 4.78 is 11.8. The number of benzene rings is 2. The summed E-state index contributed by atoms with van der Waals surface area (Å²) in [6, 6.07) is 9.98. The minimum atomic E-state index is -1.31. The summed E-state index contributed by atoms with van der Waals surface area (Å²) >= 11 is 6.13. The van der Waals surface area contributed by atoms with Crippen LogP contribution in [0.1, 0.15) is 10.4 Å². The lowest BCUT2D eigenvalue weighted by atomic mass is 9.95. The monoisotopic (exact) mass is 373 g/mol. The van der Waals surface area contributed by atoms with Gasteiger partial charge in [0.25, 0.3) is 5.56 Å². The van der Waals surface area contributed by atoms with Crippen LogP contribution in [-0.2, 0) is 7.05 Å². The molecular weight excluding hydrogens is 358 g/mol. The van der Waals surface area contributed by atoms with E-state index in [0.717, 1.165) is 0 Å². The molecule has 3 rings (SSSR count). The van der Waals surface area contributed by atoms with Crippen molar-refractivity contribution >= 4 is 28.5 Å². The number of carboxylic acid groups (broad SMARTS) is 1. The Balaban J connectivity index is 2.50. The number of carboxylic acids is 1. The SMILES string of the molecule is COc1ccc(-c2c(C(=O)O)c(=O)n(C)c3ccc(Cl)cc23)cc1OC.